The summed E-state index contributed by atoms with van der Waals surface area (Å²) in [5.74, 6) is 1.36. The summed E-state index contributed by atoms with van der Waals surface area (Å²) in [5, 5.41) is 4.42. The number of anilines is 2. The Balaban J connectivity index is 1.30. The minimum Gasteiger partial charge on any atom is -0.492 e. The lowest BCUT2D eigenvalue weighted by molar-refractivity contribution is -0.121. The second-order valence-corrected chi connectivity index (χ2v) is 9.17. The maximum atomic E-state index is 12.5. The number of carbonyl (C=O) groups is 2. The van der Waals surface area contributed by atoms with Crippen molar-refractivity contribution in [1.82, 2.24) is 0 Å². The van der Waals surface area contributed by atoms with Crippen molar-refractivity contribution in [3.63, 3.8) is 0 Å². The van der Waals surface area contributed by atoms with E-state index in [1.807, 2.05) is 0 Å². The van der Waals surface area contributed by atoms with Gasteiger partial charge in [0, 0.05) is 22.2 Å². The van der Waals surface area contributed by atoms with Gasteiger partial charge in [-0.15, -0.1) is 0 Å². The molecule has 1 aliphatic heterocycles. The first-order valence-corrected chi connectivity index (χ1v) is 12.4. The number of carbonyl (C=O) groups excluding carboxylic acids is 2. The summed E-state index contributed by atoms with van der Waals surface area (Å²) in [5.41, 5.74) is 1.13. The number of nitrogens with zero attached hydrogens (tertiary/aromatic N) is 1. The predicted octanol–water partition coefficient (Wildman–Crippen LogP) is 6.25. The van der Waals surface area contributed by atoms with Crippen LogP contribution in [0.5, 0.6) is 17.2 Å². The third-order valence-corrected chi connectivity index (χ3v) is 6.07. The summed E-state index contributed by atoms with van der Waals surface area (Å²) >= 11 is 17.9. The molecule has 0 atom stereocenters. The van der Waals surface area contributed by atoms with Crippen molar-refractivity contribution in [2.45, 2.75) is 12.8 Å². The highest BCUT2D eigenvalue weighted by atomic mass is 35.5. The zero-order valence-electron chi connectivity index (χ0n) is 19.1. The first-order valence-electron chi connectivity index (χ1n) is 11.2. The molecule has 2 amide bonds. The first kappa shape index (κ1) is 25.9. The quantitative estimate of drug-likeness (QED) is 0.303. The van der Waals surface area contributed by atoms with Gasteiger partial charge in [0.2, 0.25) is 5.91 Å². The van der Waals surface area contributed by atoms with Crippen molar-refractivity contribution >= 4 is 58.0 Å². The lowest BCUT2D eigenvalue weighted by atomic mass is 10.2. The van der Waals surface area contributed by atoms with Gasteiger partial charge in [0.15, 0.2) is 6.61 Å². The van der Waals surface area contributed by atoms with E-state index in [1.54, 1.807) is 65.6 Å². The lowest BCUT2D eigenvalue weighted by Gasteiger charge is -2.29. The van der Waals surface area contributed by atoms with Crippen LogP contribution >= 0.6 is 34.8 Å². The Hall–Kier alpha value is -3.13. The van der Waals surface area contributed by atoms with Crippen LogP contribution in [0.1, 0.15) is 12.8 Å². The Kier molecular flexibility index (Phi) is 8.80. The van der Waals surface area contributed by atoms with Gasteiger partial charge in [-0.2, -0.15) is 0 Å². The normalized spacial score (nSPS) is 12.5. The zero-order valence-corrected chi connectivity index (χ0v) is 21.4. The van der Waals surface area contributed by atoms with Gasteiger partial charge in [-0.3, -0.25) is 9.59 Å². The molecule has 0 spiro atoms. The van der Waals surface area contributed by atoms with Crippen LogP contribution in [-0.4, -0.2) is 38.2 Å². The highest BCUT2D eigenvalue weighted by molar-refractivity contribution is 6.35. The number of amides is 2. The average molecular weight is 550 g/mol. The van der Waals surface area contributed by atoms with Gasteiger partial charge in [-0.05, 0) is 67.1 Å². The SMILES string of the molecule is O=C(CCCOc1ccc(Cl)cc1Cl)Nc1ccc2c(c1)N(CCOc1ccc(Cl)cc1)C(=O)CO2. The Labute approximate surface area is 223 Å². The molecule has 0 unspecified atom stereocenters. The number of hydrogen-bond acceptors (Lipinski definition) is 5. The van der Waals surface area contributed by atoms with Gasteiger partial charge in [-0.25, -0.2) is 0 Å². The fourth-order valence-corrected chi connectivity index (χ4v) is 4.13. The number of fused-ring (bicyclic) bond motifs is 1. The van der Waals surface area contributed by atoms with Crippen LogP contribution in [0.15, 0.2) is 60.7 Å². The number of halogens is 3. The smallest absolute Gasteiger partial charge is 0.265 e. The van der Waals surface area contributed by atoms with E-state index in [2.05, 4.69) is 5.32 Å². The van der Waals surface area contributed by atoms with E-state index in [0.717, 1.165) is 0 Å². The lowest BCUT2D eigenvalue weighted by Crippen LogP contribution is -2.41. The van der Waals surface area contributed by atoms with Gasteiger partial charge >= 0.3 is 0 Å². The fraction of sp³-hybridized carbons (Fsp3) is 0.231. The maximum absolute atomic E-state index is 12.5. The minimum atomic E-state index is -0.191. The van der Waals surface area contributed by atoms with E-state index in [4.69, 9.17) is 49.0 Å². The summed E-state index contributed by atoms with van der Waals surface area (Å²) in [6.45, 7) is 0.862. The van der Waals surface area contributed by atoms with E-state index in [9.17, 15) is 9.59 Å². The molecule has 1 N–H and O–H groups in total. The number of nitrogens with one attached hydrogen (secondary N) is 1. The Morgan fingerprint density at radius 2 is 1.72 bits per heavy atom. The second kappa shape index (κ2) is 12.2. The monoisotopic (exact) mass is 548 g/mol. The number of rotatable bonds is 10. The van der Waals surface area contributed by atoms with E-state index < -0.39 is 0 Å². The predicted molar refractivity (Wildman–Crippen MR) is 141 cm³/mol. The van der Waals surface area contributed by atoms with Crippen molar-refractivity contribution < 1.29 is 23.8 Å². The topological polar surface area (TPSA) is 77.1 Å². The molecule has 4 rings (SSSR count). The van der Waals surface area contributed by atoms with Gasteiger partial charge in [-0.1, -0.05) is 34.8 Å². The van der Waals surface area contributed by atoms with E-state index in [1.165, 1.54) is 0 Å². The summed E-state index contributed by atoms with van der Waals surface area (Å²) in [4.78, 5) is 26.6. The second-order valence-electron chi connectivity index (χ2n) is 7.89. The van der Waals surface area contributed by atoms with Gasteiger partial charge in [0.05, 0.1) is 23.9 Å². The maximum Gasteiger partial charge on any atom is 0.265 e. The Morgan fingerprint density at radius 3 is 2.50 bits per heavy atom. The molecule has 3 aromatic rings. The van der Waals surface area contributed by atoms with Crippen molar-refractivity contribution in [3.05, 3.63) is 75.7 Å². The summed E-state index contributed by atoms with van der Waals surface area (Å²) in [6.07, 6.45) is 0.738. The van der Waals surface area contributed by atoms with E-state index in [0.29, 0.717) is 63.3 Å². The minimum absolute atomic E-state index is 0.0582. The van der Waals surface area contributed by atoms with Crippen LogP contribution in [0.3, 0.4) is 0 Å². The molecule has 0 saturated heterocycles. The van der Waals surface area contributed by atoms with Crippen LogP contribution in [0.2, 0.25) is 15.1 Å². The molecule has 0 fully saturated rings. The van der Waals surface area contributed by atoms with Crippen molar-refractivity contribution in [2.75, 3.05) is 36.6 Å². The largest absolute Gasteiger partial charge is 0.492 e. The highest BCUT2D eigenvalue weighted by Gasteiger charge is 2.26. The van der Waals surface area contributed by atoms with E-state index >= 15 is 0 Å². The number of benzene rings is 3. The van der Waals surface area contributed by atoms with Crippen LogP contribution in [0.25, 0.3) is 0 Å². The van der Waals surface area contributed by atoms with Gasteiger partial charge in [0.1, 0.15) is 23.9 Å². The Morgan fingerprint density at radius 1 is 0.944 bits per heavy atom. The summed E-state index contributed by atoms with van der Waals surface area (Å²) in [6, 6.07) is 17.2. The fourth-order valence-electron chi connectivity index (χ4n) is 3.54. The molecule has 0 bridgehead atoms. The zero-order chi connectivity index (χ0) is 25.5. The average Bonchev–Trinajstić information content (AvgIpc) is 2.85. The van der Waals surface area contributed by atoms with Crippen LogP contribution in [0, 0.1) is 0 Å². The molecule has 7 nitrogen and oxygen atoms in total. The standard InChI is InChI=1S/C26H23Cl3N2O5/c27-17-3-7-20(8-4-17)34-13-11-31-22-15-19(6-10-24(22)36-16-26(31)33)30-25(32)2-1-12-35-23-9-5-18(28)14-21(23)29/h3-10,14-15H,1-2,11-13,16H2,(H,30,32). The third-order valence-electron chi connectivity index (χ3n) is 5.28. The van der Waals surface area contributed by atoms with Gasteiger partial charge < -0.3 is 24.4 Å². The molecule has 1 aliphatic rings. The molecular weight excluding hydrogens is 527 g/mol. The van der Waals surface area contributed by atoms with Crippen molar-refractivity contribution in [2.24, 2.45) is 0 Å². The van der Waals surface area contributed by atoms with E-state index in [-0.39, 0.29) is 31.4 Å². The molecule has 0 aromatic heterocycles. The molecular formula is C26H23Cl3N2O5. The number of ether oxygens (including phenoxy) is 3. The van der Waals surface area contributed by atoms with Crippen LogP contribution < -0.4 is 24.4 Å². The molecule has 0 saturated carbocycles. The highest BCUT2D eigenvalue weighted by Crippen LogP contribution is 2.34. The van der Waals surface area contributed by atoms with Crippen molar-refractivity contribution in [1.29, 1.82) is 0 Å². The number of hydrogen-bond donors (Lipinski definition) is 1. The third kappa shape index (κ3) is 6.97. The molecule has 0 aliphatic carbocycles. The summed E-state index contributed by atoms with van der Waals surface area (Å²) < 4.78 is 16.9. The Bertz CT molecular complexity index is 1240. The molecule has 36 heavy (non-hydrogen) atoms. The van der Waals surface area contributed by atoms with Crippen LogP contribution in [-0.2, 0) is 9.59 Å². The van der Waals surface area contributed by atoms with Crippen LogP contribution in [0.4, 0.5) is 11.4 Å². The summed E-state index contributed by atoms with van der Waals surface area (Å²) in [7, 11) is 0. The van der Waals surface area contributed by atoms with Crippen molar-refractivity contribution in [3.8, 4) is 17.2 Å². The van der Waals surface area contributed by atoms with Gasteiger partial charge in [0.25, 0.3) is 5.91 Å². The first-order chi connectivity index (χ1) is 17.4. The molecule has 188 valence electrons. The molecule has 0 radical (unpaired) electrons. The molecule has 3 aromatic carbocycles. The molecule has 1 heterocycles. The molecule has 10 heteroatoms.